The molecule has 0 radical (unpaired) electrons. The Morgan fingerprint density at radius 2 is 1.21 bits per heavy atom. The molecule has 0 amide bonds. The van der Waals surface area contributed by atoms with Crippen molar-refractivity contribution >= 4 is 31.2 Å². The summed E-state index contributed by atoms with van der Waals surface area (Å²) in [7, 11) is -15.8. The molecule has 0 bridgehead atoms. The fourth-order valence-electron chi connectivity index (χ4n) is 10.1. The van der Waals surface area contributed by atoms with E-state index in [1.807, 2.05) is 6.92 Å². The largest absolute Gasteiger partial charge is 0.726 e. The maximum Gasteiger partial charge on any atom is 0.217 e. The number of hydrogen-bond donors (Lipinski definition) is 0. The Hall–Kier alpha value is -0.390. The molecule has 0 aromatic rings. The fraction of sp³-hybridized carbons (Fsp3) is 1.00. The molecule has 4 saturated carbocycles. The Morgan fingerprint density at radius 1 is 0.674 bits per heavy atom. The first kappa shape index (κ1) is 35.5. The van der Waals surface area contributed by atoms with Crippen LogP contribution in [0.1, 0.15) is 99.3 Å². The Kier molecular flexibility index (Phi) is 10.2. The van der Waals surface area contributed by atoms with Crippen molar-refractivity contribution in [1.82, 2.24) is 0 Å². The quantitative estimate of drug-likeness (QED) is 0.225. The smallest absolute Gasteiger partial charge is 0.217 e. The number of fused-ring (bicyclic) bond motifs is 5. The lowest BCUT2D eigenvalue weighted by Crippen LogP contribution is -2.62. The summed E-state index contributed by atoms with van der Waals surface area (Å²) in [6, 6.07) is 0. The van der Waals surface area contributed by atoms with E-state index in [1.165, 1.54) is 0 Å². The van der Waals surface area contributed by atoms with E-state index in [4.69, 9.17) is 8.37 Å². The zero-order valence-electron chi connectivity index (χ0n) is 25.8. The summed E-state index contributed by atoms with van der Waals surface area (Å²) in [5.74, 6) is 1.52. The Labute approximate surface area is 257 Å². The molecule has 43 heavy (non-hydrogen) atoms. The van der Waals surface area contributed by atoms with Crippen molar-refractivity contribution in [2.24, 2.45) is 58.2 Å². The van der Waals surface area contributed by atoms with Crippen molar-refractivity contribution in [3.8, 4) is 0 Å². The minimum Gasteiger partial charge on any atom is -0.726 e. The van der Waals surface area contributed by atoms with Gasteiger partial charge in [0.25, 0.3) is 0 Å². The van der Waals surface area contributed by atoms with Gasteiger partial charge in [0.2, 0.25) is 31.2 Å². The van der Waals surface area contributed by atoms with E-state index in [0.29, 0.717) is 23.7 Å². The average molecular weight is 672 g/mol. The van der Waals surface area contributed by atoms with Gasteiger partial charge in [0, 0.05) is 0 Å². The highest BCUT2D eigenvalue weighted by atomic mass is 32.3. The minimum atomic E-state index is -5.34. The Bertz CT molecular complexity index is 1330. The van der Waals surface area contributed by atoms with E-state index in [1.54, 1.807) is 0 Å². The van der Waals surface area contributed by atoms with Crippen LogP contribution < -0.4 is 0 Å². The Morgan fingerprint density at radius 3 is 1.77 bits per heavy atom. The van der Waals surface area contributed by atoms with Crippen LogP contribution >= 0.6 is 0 Å². The SMILES string of the molecule is CC(C)[C@@H](C)CC[C@@H](C)[C@H]1CC[C@H]2[C@@H]3C[C@H](OS(=O)(=O)[O-])[C@H]4C[C@H](OS(=O)(=O)[O-])[C@@H](OS(=O)(=O)[O-])C[C@]4(C)[C@H]3CC[C@]12C. The van der Waals surface area contributed by atoms with Gasteiger partial charge in [-0.25, -0.2) is 25.3 Å². The number of hydrogen-bond acceptors (Lipinski definition) is 12. The molecular formula is C28H47O12S3-3. The lowest BCUT2D eigenvalue weighted by Gasteiger charge is -2.63. The predicted octanol–water partition coefficient (Wildman–Crippen LogP) is 4.11. The highest BCUT2D eigenvalue weighted by Gasteiger charge is 2.64. The second-order valence-electron chi connectivity index (χ2n) is 14.8. The third-order valence-electron chi connectivity index (χ3n) is 12.3. The summed E-state index contributed by atoms with van der Waals surface area (Å²) in [5.41, 5.74) is -0.908. The topological polar surface area (TPSA) is 199 Å². The zero-order valence-corrected chi connectivity index (χ0v) is 28.3. The van der Waals surface area contributed by atoms with Gasteiger partial charge in [-0.2, -0.15) is 0 Å². The molecule has 4 fully saturated rings. The van der Waals surface area contributed by atoms with Gasteiger partial charge in [0.1, 0.15) is 12.2 Å². The van der Waals surface area contributed by atoms with Gasteiger partial charge in [0.05, 0.1) is 6.10 Å². The lowest BCUT2D eigenvalue weighted by atomic mass is 9.43. The second-order valence-corrected chi connectivity index (χ2v) is 17.8. The highest BCUT2D eigenvalue weighted by Crippen LogP contribution is 2.69. The molecule has 0 spiro atoms. The molecule has 0 aromatic heterocycles. The first-order chi connectivity index (χ1) is 19.5. The molecule has 15 heteroatoms. The maximum atomic E-state index is 11.9. The molecule has 0 N–H and O–H groups in total. The minimum absolute atomic E-state index is 0.0169. The summed E-state index contributed by atoms with van der Waals surface area (Å²) in [6.07, 6.45) is 1.22. The van der Waals surface area contributed by atoms with Crippen molar-refractivity contribution < 1.29 is 51.5 Å². The molecular weight excluding hydrogens is 624 g/mol. The van der Waals surface area contributed by atoms with Crippen LogP contribution in [-0.2, 0) is 43.7 Å². The highest BCUT2D eigenvalue weighted by molar-refractivity contribution is 7.81. The van der Waals surface area contributed by atoms with Crippen molar-refractivity contribution in [3.05, 3.63) is 0 Å². The van der Waals surface area contributed by atoms with Gasteiger partial charge in [0.15, 0.2) is 0 Å². The van der Waals surface area contributed by atoms with E-state index in [9.17, 15) is 38.9 Å². The molecule has 0 unspecified atom stereocenters. The Balaban J connectivity index is 1.67. The molecule has 0 saturated heterocycles. The summed E-state index contributed by atoms with van der Waals surface area (Å²) < 4.78 is 120. The maximum absolute atomic E-state index is 11.9. The van der Waals surface area contributed by atoms with Gasteiger partial charge in [-0.15, -0.1) is 0 Å². The van der Waals surface area contributed by atoms with E-state index >= 15 is 0 Å². The average Bonchev–Trinajstić information content (AvgIpc) is 3.18. The molecule has 12 nitrogen and oxygen atoms in total. The summed E-state index contributed by atoms with van der Waals surface area (Å²) in [4.78, 5) is 0. The number of rotatable bonds is 11. The summed E-state index contributed by atoms with van der Waals surface area (Å²) >= 11 is 0. The van der Waals surface area contributed by atoms with Crippen LogP contribution in [0.5, 0.6) is 0 Å². The van der Waals surface area contributed by atoms with E-state index in [-0.39, 0.29) is 42.4 Å². The first-order valence-electron chi connectivity index (χ1n) is 15.5. The van der Waals surface area contributed by atoms with Crippen molar-refractivity contribution in [2.45, 2.75) is 118 Å². The normalized spacial score (nSPS) is 41.7. The van der Waals surface area contributed by atoms with Gasteiger partial charge < -0.3 is 13.7 Å². The van der Waals surface area contributed by atoms with Gasteiger partial charge in [-0.3, -0.25) is 12.5 Å². The van der Waals surface area contributed by atoms with Crippen LogP contribution in [-0.4, -0.2) is 57.2 Å². The molecule has 0 heterocycles. The van der Waals surface area contributed by atoms with Gasteiger partial charge >= 0.3 is 0 Å². The standard InChI is InChI=1S/C28H50O12S3/c1-16(2)17(3)7-8-18(4)20-9-10-21-19-13-24(38-41(29,30)31)23-14-25(39-42(32,33)34)26(40-43(35,36)37)15-28(23,6)22(19)11-12-27(20,21)5/h16-26H,7-15H2,1-6H3,(H,29,30,31)(H,32,33,34)(H,35,36,37)/p-3/t17-,18+,19-,20+,21-,22-,23+,24-,25-,26-,27+,28+/m0/s1. The molecule has 0 aliphatic heterocycles. The third-order valence-corrected chi connectivity index (χ3v) is 13.8. The van der Waals surface area contributed by atoms with Crippen LogP contribution in [0.25, 0.3) is 0 Å². The van der Waals surface area contributed by atoms with Crippen LogP contribution in [0.15, 0.2) is 0 Å². The monoisotopic (exact) mass is 671 g/mol. The molecule has 4 aliphatic carbocycles. The molecule has 0 aromatic carbocycles. The second kappa shape index (κ2) is 12.3. The third kappa shape index (κ3) is 7.78. The van der Waals surface area contributed by atoms with Crippen LogP contribution in [0, 0.1) is 58.2 Å². The van der Waals surface area contributed by atoms with Crippen molar-refractivity contribution in [2.75, 3.05) is 0 Å². The zero-order chi connectivity index (χ0) is 32.3. The van der Waals surface area contributed by atoms with Crippen LogP contribution in [0.2, 0.25) is 0 Å². The van der Waals surface area contributed by atoms with Crippen molar-refractivity contribution in [1.29, 1.82) is 0 Å². The first-order valence-corrected chi connectivity index (χ1v) is 19.5. The van der Waals surface area contributed by atoms with Gasteiger partial charge in [-0.05, 0) is 103 Å². The molecule has 4 rings (SSSR count). The molecule has 12 atom stereocenters. The van der Waals surface area contributed by atoms with E-state index < -0.39 is 60.8 Å². The summed E-state index contributed by atoms with van der Waals surface area (Å²) in [6.45, 7) is 13.2. The van der Waals surface area contributed by atoms with Crippen molar-refractivity contribution in [3.63, 3.8) is 0 Å². The van der Waals surface area contributed by atoms with E-state index in [2.05, 4.69) is 38.8 Å². The van der Waals surface area contributed by atoms with Crippen LogP contribution in [0.4, 0.5) is 0 Å². The molecule has 4 aliphatic rings. The van der Waals surface area contributed by atoms with Crippen LogP contribution in [0.3, 0.4) is 0 Å². The summed E-state index contributed by atoms with van der Waals surface area (Å²) in [5, 5.41) is 0. The fourth-order valence-corrected chi connectivity index (χ4v) is 11.6. The lowest BCUT2D eigenvalue weighted by molar-refractivity contribution is -0.184. The molecule has 252 valence electrons. The predicted molar refractivity (Wildman–Crippen MR) is 152 cm³/mol. The van der Waals surface area contributed by atoms with E-state index in [0.717, 1.165) is 38.5 Å². The van der Waals surface area contributed by atoms with Gasteiger partial charge in [-0.1, -0.05) is 54.4 Å².